The molecule has 0 saturated heterocycles. The van der Waals surface area contributed by atoms with Gasteiger partial charge >= 0.3 is 0 Å². The summed E-state index contributed by atoms with van der Waals surface area (Å²) in [5.74, 6) is 1.44. The molecule has 0 radical (unpaired) electrons. The fraction of sp³-hybridized carbons (Fsp3) is 0.292. The number of methoxy groups -OCH3 is 1. The molecule has 2 aromatic carbocycles. The molecule has 0 aliphatic rings. The molecule has 0 aliphatic carbocycles. The van der Waals surface area contributed by atoms with Crippen LogP contribution in [0.3, 0.4) is 0 Å². The predicted molar refractivity (Wildman–Crippen MR) is 127 cm³/mol. The number of amides is 1. The van der Waals surface area contributed by atoms with Crippen LogP contribution in [0.2, 0.25) is 0 Å². The molecular formula is C24H26N6O4. The summed E-state index contributed by atoms with van der Waals surface area (Å²) >= 11 is 0. The molecule has 176 valence electrons. The molecule has 4 rings (SSSR count). The Hall–Kier alpha value is -4.05. The van der Waals surface area contributed by atoms with Gasteiger partial charge in [-0.25, -0.2) is 5.10 Å². The van der Waals surface area contributed by atoms with Crippen molar-refractivity contribution in [3.05, 3.63) is 70.3 Å². The molecule has 3 N–H and O–H groups in total. The first kappa shape index (κ1) is 23.1. The normalized spacial score (nSPS) is 11.0. The molecule has 10 nitrogen and oxygen atoms in total. The first-order valence-electron chi connectivity index (χ1n) is 11.0. The fourth-order valence-corrected chi connectivity index (χ4v) is 3.47. The highest BCUT2D eigenvalue weighted by atomic mass is 16.5. The van der Waals surface area contributed by atoms with E-state index in [0.29, 0.717) is 55.5 Å². The van der Waals surface area contributed by atoms with E-state index < -0.39 is 0 Å². The van der Waals surface area contributed by atoms with Crippen LogP contribution in [-0.2, 0) is 22.6 Å². The maximum absolute atomic E-state index is 12.2. The van der Waals surface area contributed by atoms with Gasteiger partial charge in [-0.1, -0.05) is 47.6 Å². The van der Waals surface area contributed by atoms with Crippen molar-refractivity contribution in [3.8, 4) is 11.4 Å². The monoisotopic (exact) mass is 462 g/mol. The van der Waals surface area contributed by atoms with E-state index in [1.165, 1.54) is 0 Å². The predicted octanol–water partition coefficient (Wildman–Crippen LogP) is 2.67. The number of anilines is 1. The molecule has 2 aromatic heterocycles. The lowest BCUT2D eigenvalue weighted by Gasteiger charge is -2.08. The maximum atomic E-state index is 12.2. The standard InChI is InChI=1S/C24H26N6O4/c1-33-15-16-7-9-17(10-8-16)22-27-21(34-30-22)12-11-20(31)25-13-4-14-26-23-18-5-2-3-6-19(18)24(32)29-28-23/h2-3,5-10H,4,11-15H2,1H3,(H,25,31)(H,26,28)(H,29,32). The van der Waals surface area contributed by atoms with Gasteiger partial charge in [-0.15, -0.1) is 0 Å². The van der Waals surface area contributed by atoms with Gasteiger partial charge < -0.3 is 19.9 Å². The third kappa shape index (κ3) is 5.84. The van der Waals surface area contributed by atoms with Crippen LogP contribution < -0.4 is 16.2 Å². The number of carbonyl (C=O) groups is 1. The number of hydrogen-bond donors (Lipinski definition) is 3. The number of ether oxygens (including phenoxy) is 1. The Labute approximate surface area is 195 Å². The molecule has 0 spiro atoms. The van der Waals surface area contributed by atoms with Crippen LogP contribution in [0.25, 0.3) is 22.2 Å². The van der Waals surface area contributed by atoms with Crippen molar-refractivity contribution in [2.24, 2.45) is 0 Å². The molecule has 0 bridgehead atoms. The van der Waals surface area contributed by atoms with Gasteiger partial charge in [0.1, 0.15) is 0 Å². The quantitative estimate of drug-likeness (QED) is 0.290. The molecule has 2 heterocycles. The minimum absolute atomic E-state index is 0.0868. The van der Waals surface area contributed by atoms with Crippen molar-refractivity contribution >= 4 is 22.5 Å². The largest absolute Gasteiger partial charge is 0.380 e. The van der Waals surface area contributed by atoms with E-state index in [4.69, 9.17) is 9.26 Å². The molecule has 4 aromatic rings. The number of rotatable bonds is 11. The van der Waals surface area contributed by atoms with Gasteiger partial charge in [0.15, 0.2) is 5.82 Å². The number of aryl methyl sites for hydroxylation is 1. The van der Waals surface area contributed by atoms with Crippen molar-refractivity contribution in [1.29, 1.82) is 0 Å². The zero-order valence-electron chi connectivity index (χ0n) is 18.8. The molecule has 0 fully saturated rings. The molecule has 0 unspecified atom stereocenters. The van der Waals surface area contributed by atoms with Gasteiger partial charge in [0, 0.05) is 44.0 Å². The summed E-state index contributed by atoms with van der Waals surface area (Å²) in [5.41, 5.74) is 1.68. The number of aromatic amines is 1. The zero-order valence-corrected chi connectivity index (χ0v) is 18.8. The van der Waals surface area contributed by atoms with E-state index in [2.05, 4.69) is 31.0 Å². The molecule has 0 saturated carbocycles. The number of nitrogens with one attached hydrogen (secondary N) is 3. The van der Waals surface area contributed by atoms with E-state index in [1.807, 2.05) is 42.5 Å². The number of benzene rings is 2. The minimum Gasteiger partial charge on any atom is -0.380 e. The highest BCUT2D eigenvalue weighted by Gasteiger charge is 2.11. The second kappa shape index (κ2) is 11.2. The Kier molecular flexibility index (Phi) is 7.61. The van der Waals surface area contributed by atoms with Crippen LogP contribution in [0.1, 0.15) is 24.3 Å². The SMILES string of the molecule is COCc1ccc(-c2noc(CCC(=O)NCCCNc3n[nH]c(=O)c4ccccc34)n2)cc1. The average Bonchev–Trinajstić information content (AvgIpc) is 3.34. The lowest BCUT2D eigenvalue weighted by Crippen LogP contribution is -2.26. The number of carbonyl (C=O) groups excluding carboxylic acids is 1. The summed E-state index contributed by atoms with van der Waals surface area (Å²) in [4.78, 5) is 28.4. The van der Waals surface area contributed by atoms with E-state index in [1.54, 1.807) is 13.2 Å². The molecule has 34 heavy (non-hydrogen) atoms. The Bertz CT molecular complexity index is 1300. The van der Waals surface area contributed by atoms with Crippen molar-refractivity contribution in [1.82, 2.24) is 25.7 Å². The lowest BCUT2D eigenvalue weighted by atomic mass is 10.1. The minimum atomic E-state index is -0.221. The van der Waals surface area contributed by atoms with E-state index in [0.717, 1.165) is 16.5 Å². The lowest BCUT2D eigenvalue weighted by molar-refractivity contribution is -0.121. The third-order valence-corrected chi connectivity index (χ3v) is 5.22. The maximum Gasteiger partial charge on any atom is 0.272 e. The highest BCUT2D eigenvalue weighted by Crippen LogP contribution is 2.18. The highest BCUT2D eigenvalue weighted by molar-refractivity contribution is 5.90. The molecule has 1 amide bonds. The fourth-order valence-electron chi connectivity index (χ4n) is 3.47. The van der Waals surface area contributed by atoms with E-state index in [9.17, 15) is 9.59 Å². The first-order chi connectivity index (χ1) is 16.6. The Morgan fingerprint density at radius 2 is 1.88 bits per heavy atom. The molecule has 0 aliphatic heterocycles. The number of fused-ring (bicyclic) bond motifs is 1. The number of aromatic nitrogens is 4. The molecule has 0 atom stereocenters. The average molecular weight is 463 g/mol. The van der Waals surface area contributed by atoms with Crippen LogP contribution in [-0.4, -0.2) is 46.4 Å². The second-order valence-electron chi connectivity index (χ2n) is 7.72. The number of nitrogens with zero attached hydrogens (tertiary/aromatic N) is 3. The third-order valence-electron chi connectivity index (χ3n) is 5.22. The van der Waals surface area contributed by atoms with E-state index in [-0.39, 0.29) is 17.9 Å². The molecule has 10 heteroatoms. The summed E-state index contributed by atoms with van der Waals surface area (Å²) in [6, 6.07) is 15.0. The summed E-state index contributed by atoms with van der Waals surface area (Å²) in [6.07, 6.45) is 1.32. The van der Waals surface area contributed by atoms with Crippen LogP contribution in [0.15, 0.2) is 57.8 Å². The second-order valence-corrected chi connectivity index (χ2v) is 7.72. The Morgan fingerprint density at radius 3 is 2.68 bits per heavy atom. The van der Waals surface area contributed by atoms with Crippen molar-refractivity contribution in [3.63, 3.8) is 0 Å². The number of H-pyrrole nitrogens is 1. The summed E-state index contributed by atoms with van der Waals surface area (Å²) < 4.78 is 10.4. The van der Waals surface area contributed by atoms with Crippen molar-refractivity contribution in [2.45, 2.75) is 25.9 Å². The summed E-state index contributed by atoms with van der Waals surface area (Å²) in [6.45, 7) is 1.65. The van der Waals surface area contributed by atoms with Gasteiger partial charge in [0.25, 0.3) is 5.56 Å². The van der Waals surface area contributed by atoms with Gasteiger partial charge in [0.05, 0.1) is 12.0 Å². The number of hydrogen-bond acceptors (Lipinski definition) is 8. The Balaban J connectivity index is 1.18. The van der Waals surface area contributed by atoms with Crippen LogP contribution >= 0.6 is 0 Å². The van der Waals surface area contributed by atoms with Gasteiger partial charge in [0.2, 0.25) is 17.6 Å². The summed E-state index contributed by atoms with van der Waals surface area (Å²) in [5, 5.41) is 18.0. The zero-order chi connectivity index (χ0) is 23.8. The first-order valence-corrected chi connectivity index (χ1v) is 11.0. The Morgan fingerprint density at radius 1 is 1.09 bits per heavy atom. The summed E-state index contributed by atoms with van der Waals surface area (Å²) in [7, 11) is 1.65. The van der Waals surface area contributed by atoms with Gasteiger partial charge in [-0.05, 0) is 18.1 Å². The van der Waals surface area contributed by atoms with Crippen LogP contribution in [0, 0.1) is 0 Å². The van der Waals surface area contributed by atoms with Gasteiger partial charge in [-0.2, -0.15) is 10.1 Å². The van der Waals surface area contributed by atoms with E-state index >= 15 is 0 Å². The van der Waals surface area contributed by atoms with Crippen molar-refractivity contribution < 1.29 is 14.1 Å². The van der Waals surface area contributed by atoms with Crippen LogP contribution in [0.5, 0.6) is 0 Å². The molecular weight excluding hydrogens is 436 g/mol. The van der Waals surface area contributed by atoms with Crippen LogP contribution in [0.4, 0.5) is 5.82 Å². The van der Waals surface area contributed by atoms with Gasteiger partial charge in [-0.3, -0.25) is 9.59 Å². The topological polar surface area (TPSA) is 135 Å². The van der Waals surface area contributed by atoms with Crippen molar-refractivity contribution in [2.75, 3.05) is 25.5 Å². The smallest absolute Gasteiger partial charge is 0.272 e.